The third-order valence-corrected chi connectivity index (χ3v) is 2.30. The summed E-state index contributed by atoms with van der Waals surface area (Å²) in [5.41, 5.74) is 2.35. The smallest absolute Gasteiger partial charge is 0.129 e. The van der Waals surface area contributed by atoms with E-state index in [0.29, 0.717) is 5.69 Å². The molecule has 2 rings (SSSR count). The van der Waals surface area contributed by atoms with E-state index in [-0.39, 0.29) is 20.1 Å². The Hall–Kier alpha value is -1.18. The third kappa shape index (κ3) is 2.49. The Bertz CT molecular complexity index is 457. The Morgan fingerprint density at radius 3 is 2.62 bits per heavy atom. The molecule has 1 aromatic carbocycles. The molecule has 85 valence electrons. The van der Waals surface area contributed by atoms with Crippen LogP contribution in [-0.4, -0.2) is 0 Å². The van der Waals surface area contributed by atoms with Crippen LogP contribution in [0, 0.1) is 13.1 Å². The fourth-order valence-corrected chi connectivity index (χ4v) is 1.49. The Kier molecular flexibility index (Phi) is 4.66. The monoisotopic (exact) mass is 393 g/mol. The fourth-order valence-electron chi connectivity index (χ4n) is 1.49. The van der Waals surface area contributed by atoms with Crippen molar-refractivity contribution in [3.63, 3.8) is 0 Å². The summed E-state index contributed by atoms with van der Waals surface area (Å²) in [5, 5.41) is 0. The van der Waals surface area contributed by atoms with E-state index in [4.69, 9.17) is 0 Å². The molecule has 0 spiro atoms. The van der Waals surface area contributed by atoms with Crippen molar-refractivity contribution in [1.82, 2.24) is 0 Å². The minimum Gasteiger partial charge on any atom is -0.316 e. The van der Waals surface area contributed by atoms with E-state index in [1.54, 1.807) is 10.6 Å². The van der Waals surface area contributed by atoms with Crippen LogP contribution in [0.15, 0.2) is 42.5 Å². The van der Waals surface area contributed by atoms with E-state index in [2.05, 4.69) is 13.1 Å². The Morgan fingerprint density at radius 1 is 1.19 bits per heavy atom. The second-order valence-corrected chi connectivity index (χ2v) is 3.24. The molecule has 1 radical (unpaired) electrons. The van der Waals surface area contributed by atoms with Crippen LogP contribution in [0.1, 0.15) is 5.69 Å². The Morgan fingerprint density at radius 2 is 2.00 bits per heavy atom. The molecule has 1 nitrogen and oxygen atoms in total. The zero-order chi connectivity index (χ0) is 10.7. The maximum absolute atomic E-state index is 12.6. The Labute approximate surface area is 108 Å². The first-order valence-corrected chi connectivity index (χ1v) is 4.71. The van der Waals surface area contributed by atoms with Gasteiger partial charge in [0.1, 0.15) is 18.1 Å². The van der Waals surface area contributed by atoms with Crippen LogP contribution in [0.25, 0.3) is 11.3 Å². The molecule has 3 heteroatoms. The van der Waals surface area contributed by atoms with E-state index in [1.165, 1.54) is 0 Å². The fraction of sp³-hybridized carbons (Fsp3) is 0.0769. The van der Waals surface area contributed by atoms with Crippen molar-refractivity contribution in [1.29, 1.82) is 0 Å². The van der Waals surface area contributed by atoms with Crippen LogP contribution in [-0.2, 0) is 26.8 Å². The molecule has 0 saturated heterocycles. The first-order valence-electron chi connectivity index (χ1n) is 4.71. The predicted octanol–water partition coefficient (Wildman–Crippen LogP) is 2.55. The summed E-state index contributed by atoms with van der Waals surface area (Å²) < 4.78 is 14.2. The number of pyridine rings is 1. The molecule has 0 unspecified atom stereocenters. The number of alkyl halides is 1. The quantitative estimate of drug-likeness (QED) is 0.546. The summed E-state index contributed by atoms with van der Waals surface area (Å²) in [6, 6.07) is 16.1. The SMILES string of the molecule is [CH2-][n+]1c(CF)cccc1-c1[c-]cccc1.[Ir]. The zero-order valence-electron chi connectivity index (χ0n) is 8.61. The first-order chi connectivity index (χ1) is 7.33. The molecule has 1 heterocycles. The van der Waals surface area contributed by atoms with Gasteiger partial charge in [-0.05, 0) is 12.1 Å². The number of rotatable bonds is 2. The molecule has 0 aliphatic heterocycles. The summed E-state index contributed by atoms with van der Waals surface area (Å²) in [5.74, 6) is 0. The molecule has 0 fully saturated rings. The molecule has 0 bridgehead atoms. The third-order valence-electron chi connectivity index (χ3n) is 2.30. The number of hydrogen-bond donors (Lipinski definition) is 0. The molecule has 2 aromatic rings. The molecule has 0 saturated carbocycles. The molecule has 16 heavy (non-hydrogen) atoms. The first kappa shape index (κ1) is 12.9. The molecular formula is C13H11FIrN-. The van der Waals surface area contributed by atoms with E-state index in [9.17, 15) is 4.39 Å². The van der Waals surface area contributed by atoms with Crippen molar-refractivity contribution in [2.75, 3.05) is 0 Å². The van der Waals surface area contributed by atoms with Crippen molar-refractivity contribution in [2.24, 2.45) is 0 Å². The second kappa shape index (κ2) is 5.78. The predicted molar refractivity (Wildman–Crippen MR) is 56.5 cm³/mol. The van der Waals surface area contributed by atoms with E-state index in [1.807, 2.05) is 36.4 Å². The zero-order valence-corrected chi connectivity index (χ0v) is 11.0. The number of halogens is 1. The van der Waals surface area contributed by atoms with Gasteiger partial charge in [0.25, 0.3) is 0 Å². The van der Waals surface area contributed by atoms with Crippen molar-refractivity contribution < 1.29 is 29.1 Å². The summed E-state index contributed by atoms with van der Waals surface area (Å²) >= 11 is 0. The standard InChI is InChI=1S/C13H11FN.Ir/c1-15-12(10-14)8-5-9-13(15)11-6-3-2-4-7-11;/h2-6,8-9H,1,10H2;/q-1;. The minimum absolute atomic E-state index is 0. The molecular weight excluding hydrogens is 381 g/mol. The molecule has 0 amide bonds. The summed E-state index contributed by atoms with van der Waals surface area (Å²) in [4.78, 5) is 0. The van der Waals surface area contributed by atoms with Crippen molar-refractivity contribution in [3.8, 4) is 11.3 Å². The van der Waals surface area contributed by atoms with Gasteiger partial charge < -0.3 is 4.57 Å². The van der Waals surface area contributed by atoms with Gasteiger partial charge in [0.2, 0.25) is 0 Å². The summed E-state index contributed by atoms with van der Waals surface area (Å²) in [6.45, 7) is -0.510. The normalized spacial score (nSPS) is 9.56. The molecule has 0 N–H and O–H groups in total. The van der Waals surface area contributed by atoms with Gasteiger partial charge in [0.15, 0.2) is 0 Å². The molecule has 1 aromatic heterocycles. The second-order valence-electron chi connectivity index (χ2n) is 3.24. The number of nitrogens with zero attached hydrogens (tertiary/aromatic N) is 1. The van der Waals surface area contributed by atoms with Crippen molar-refractivity contribution >= 4 is 0 Å². The van der Waals surface area contributed by atoms with Gasteiger partial charge in [-0.15, -0.1) is 30.3 Å². The average Bonchev–Trinajstić information content (AvgIpc) is 2.30. The van der Waals surface area contributed by atoms with Crippen LogP contribution in [0.3, 0.4) is 0 Å². The van der Waals surface area contributed by atoms with Crippen molar-refractivity contribution in [3.05, 3.63) is 61.3 Å². The van der Waals surface area contributed by atoms with Crippen molar-refractivity contribution in [2.45, 2.75) is 6.67 Å². The van der Waals surface area contributed by atoms with Gasteiger partial charge in [0.05, 0.1) is 0 Å². The number of benzene rings is 1. The van der Waals surface area contributed by atoms with Gasteiger partial charge >= 0.3 is 0 Å². The van der Waals surface area contributed by atoms with Gasteiger partial charge in [-0.25, -0.2) is 0 Å². The van der Waals surface area contributed by atoms with E-state index >= 15 is 0 Å². The van der Waals surface area contributed by atoms with Gasteiger partial charge in [-0.3, -0.25) is 4.39 Å². The minimum atomic E-state index is -0.510. The van der Waals surface area contributed by atoms with Crippen LogP contribution < -0.4 is 4.57 Å². The maximum Gasteiger partial charge on any atom is 0.129 e. The molecule has 0 aliphatic rings. The van der Waals surface area contributed by atoms with Crippen LogP contribution in [0.2, 0.25) is 0 Å². The van der Waals surface area contributed by atoms with Crippen LogP contribution in [0.4, 0.5) is 4.39 Å². The van der Waals surface area contributed by atoms with E-state index < -0.39 is 6.67 Å². The summed E-state index contributed by atoms with van der Waals surface area (Å²) in [7, 11) is 3.82. The number of hydrogen-bond acceptors (Lipinski definition) is 0. The van der Waals surface area contributed by atoms with Gasteiger partial charge in [-0.2, -0.15) is 0 Å². The largest absolute Gasteiger partial charge is 0.316 e. The van der Waals surface area contributed by atoms with Gasteiger partial charge in [0, 0.05) is 27.2 Å². The van der Waals surface area contributed by atoms with Crippen LogP contribution >= 0.6 is 0 Å². The maximum atomic E-state index is 12.6. The van der Waals surface area contributed by atoms with Gasteiger partial charge in [-0.1, -0.05) is 11.6 Å². The summed E-state index contributed by atoms with van der Waals surface area (Å²) in [6.07, 6.45) is 0. The van der Waals surface area contributed by atoms with Crippen LogP contribution in [0.5, 0.6) is 0 Å². The Balaban J connectivity index is 0.00000128. The molecule has 0 atom stereocenters. The average molecular weight is 392 g/mol. The topological polar surface area (TPSA) is 3.88 Å². The van der Waals surface area contributed by atoms with E-state index in [0.717, 1.165) is 11.3 Å². The molecule has 0 aliphatic carbocycles. The number of aromatic nitrogens is 1.